The monoisotopic (exact) mass is 270 g/mol. The molecule has 1 aromatic carbocycles. The van der Waals surface area contributed by atoms with Crippen LogP contribution in [0.25, 0.3) is 0 Å². The van der Waals surface area contributed by atoms with E-state index in [2.05, 4.69) is 10.3 Å². The van der Waals surface area contributed by atoms with Crippen molar-refractivity contribution in [2.45, 2.75) is 6.54 Å². The smallest absolute Gasteiger partial charge is 0.251 e. The topological polar surface area (TPSA) is 60.5 Å². The van der Waals surface area contributed by atoms with Crippen LogP contribution in [-0.4, -0.2) is 24.1 Å². The summed E-state index contributed by atoms with van der Waals surface area (Å²) in [6.07, 6.45) is 3.19. The number of fused-ring (bicyclic) bond motifs is 1. The standard InChI is InChI=1S/C15H14N2O3/c18-15(12-3-5-16-6-4-12)17-10-11-1-2-13-14(9-11)20-8-7-19-13/h1-6,9H,7-8,10H2,(H,17,18). The van der Waals surface area contributed by atoms with Crippen LogP contribution in [0.1, 0.15) is 15.9 Å². The second-order valence-electron chi connectivity index (χ2n) is 4.40. The fourth-order valence-electron chi connectivity index (χ4n) is 1.99. The van der Waals surface area contributed by atoms with Gasteiger partial charge < -0.3 is 14.8 Å². The summed E-state index contributed by atoms with van der Waals surface area (Å²) in [5, 5.41) is 2.86. The minimum Gasteiger partial charge on any atom is -0.486 e. The number of aromatic nitrogens is 1. The normalized spacial score (nSPS) is 12.8. The van der Waals surface area contributed by atoms with Crippen LogP contribution in [-0.2, 0) is 6.54 Å². The summed E-state index contributed by atoms with van der Waals surface area (Å²) in [6, 6.07) is 9.03. The fraction of sp³-hybridized carbons (Fsp3) is 0.200. The molecule has 1 aromatic heterocycles. The highest BCUT2D eigenvalue weighted by atomic mass is 16.6. The van der Waals surface area contributed by atoms with E-state index in [0.717, 1.165) is 17.1 Å². The third-order valence-electron chi connectivity index (χ3n) is 3.00. The highest BCUT2D eigenvalue weighted by molar-refractivity contribution is 5.93. The van der Waals surface area contributed by atoms with E-state index in [4.69, 9.17) is 9.47 Å². The molecule has 2 aromatic rings. The van der Waals surface area contributed by atoms with Gasteiger partial charge in [0.2, 0.25) is 0 Å². The van der Waals surface area contributed by atoms with E-state index in [1.807, 2.05) is 18.2 Å². The van der Waals surface area contributed by atoms with Crippen LogP contribution >= 0.6 is 0 Å². The number of hydrogen-bond acceptors (Lipinski definition) is 4. The van der Waals surface area contributed by atoms with Crippen molar-refractivity contribution < 1.29 is 14.3 Å². The first-order chi connectivity index (χ1) is 9.83. The van der Waals surface area contributed by atoms with Gasteiger partial charge in [-0.3, -0.25) is 9.78 Å². The van der Waals surface area contributed by atoms with Crippen LogP contribution in [0.2, 0.25) is 0 Å². The maximum atomic E-state index is 11.9. The Morgan fingerprint density at radius 2 is 1.85 bits per heavy atom. The van der Waals surface area contributed by atoms with Gasteiger partial charge in [-0.2, -0.15) is 0 Å². The Hall–Kier alpha value is -2.56. The van der Waals surface area contributed by atoms with Gasteiger partial charge in [0.1, 0.15) is 13.2 Å². The Morgan fingerprint density at radius 3 is 2.65 bits per heavy atom. The van der Waals surface area contributed by atoms with E-state index in [9.17, 15) is 4.79 Å². The molecule has 0 atom stereocenters. The second-order valence-corrected chi connectivity index (χ2v) is 4.40. The Bertz CT molecular complexity index is 614. The van der Waals surface area contributed by atoms with Gasteiger partial charge in [-0.1, -0.05) is 6.07 Å². The number of benzene rings is 1. The van der Waals surface area contributed by atoms with E-state index in [0.29, 0.717) is 25.3 Å². The lowest BCUT2D eigenvalue weighted by atomic mass is 10.2. The highest BCUT2D eigenvalue weighted by Crippen LogP contribution is 2.30. The van der Waals surface area contributed by atoms with E-state index in [-0.39, 0.29) is 5.91 Å². The zero-order valence-corrected chi connectivity index (χ0v) is 10.8. The Balaban J connectivity index is 1.65. The molecule has 20 heavy (non-hydrogen) atoms. The largest absolute Gasteiger partial charge is 0.486 e. The summed E-state index contributed by atoms with van der Waals surface area (Å²) in [5.41, 5.74) is 1.56. The van der Waals surface area contributed by atoms with Crippen LogP contribution in [0.15, 0.2) is 42.7 Å². The minimum absolute atomic E-state index is 0.123. The Kier molecular flexibility index (Phi) is 3.50. The molecular weight excluding hydrogens is 256 g/mol. The summed E-state index contributed by atoms with van der Waals surface area (Å²) in [7, 11) is 0. The number of ether oxygens (including phenoxy) is 2. The van der Waals surface area contributed by atoms with Crippen molar-refractivity contribution in [3.8, 4) is 11.5 Å². The van der Waals surface area contributed by atoms with E-state index in [1.165, 1.54) is 0 Å². The predicted octanol–water partition coefficient (Wildman–Crippen LogP) is 1.78. The molecule has 102 valence electrons. The third-order valence-corrected chi connectivity index (χ3v) is 3.00. The quantitative estimate of drug-likeness (QED) is 0.923. The number of carbonyl (C=O) groups is 1. The Labute approximate surface area is 116 Å². The van der Waals surface area contributed by atoms with Crippen molar-refractivity contribution in [1.29, 1.82) is 0 Å². The van der Waals surface area contributed by atoms with E-state index < -0.39 is 0 Å². The number of nitrogens with zero attached hydrogens (tertiary/aromatic N) is 1. The summed E-state index contributed by atoms with van der Waals surface area (Å²) in [6.45, 7) is 1.57. The summed E-state index contributed by atoms with van der Waals surface area (Å²) >= 11 is 0. The lowest BCUT2D eigenvalue weighted by Crippen LogP contribution is -2.23. The molecule has 1 amide bonds. The van der Waals surface area contributed by atoms with Gasteiger partial charge in [-0.15, -0.1) is 0 Å². The van der Waals surface area contributed by atoms with E-state index in [1.54, 1.807) is 24.5 Å². The minimum atomic E-state index is -0.123. The molecule has 0 spiro atoms. The van der Waals surface area contributed by atoms with Crippen molar-refractivity contribution in [2.75, 3.05) is 13.2 Å². The van der Waals surface area contributed by atoms with Gasteiger partial charge in [0.25, 0.3) is 5.91 Å². The molecule has 3 rings (SSSR count). The molecule has 5 heteroatoms. The number of rotatable bonds is 3. The summed E-state index contributed by atoms with van der Waals surface area (Å²) in [4.78, 5) is 15.8. The molecule has 2 heterocycles. The third kappa shape index (κ3) is 2.71. The number of amides is 1. The second kappa shape index (κ2) is 5.61. The Morgan fingerprint density at radius 1 is 1.10 bits per heavy atom. The molecule has 1 aliphatic heterocycles. The zero-order chi connectivity index (χ0) is 13.8. The number of hydrogen-bond donors (Lipinski definition) is 1. The van der Waals surface area contributed by atoms with Crippen LogP contribution in [0.4, 0.5) is 0 Å². The first kappa shape index (κ1) is 12.5. The SMILES string of the molecule is O=C(NCc1ccc2c(c1)OCCO2)c1ccncc1. The molecule has 0 aliphatic carbocycles. The molecule has 0 saturated carbocycles. The number of nitrogens with one attached hydrogen (secondary N) is 1. The maximum absolute atomic E-state index is 11.9. The number of carbonyl (C=O) groups excluding carboxylic acids is 1. The van der Waals surface area contributed by atoms with Gasteiger partial charge in [0.05, 0.1) is 0 Å². The first-order valence-electron chi connectivity index (χ1n) is 6.40. The molecule has 1 N–H and O–H groups in total. The van der Waals surface area contributed by atoms with Gasteiger partial charge >= 0.3 is 0 Å². The molecular formula is C15H14N2O3. The van der Waals surface area contributed by atoms with Crippen molar-refractivity contribution in [2.24, 2.45) is 0 Å². The van der Waals surface area contributed by atoms with Crippen molar-refractivity contribution in [3.63, 3.8) is 0 Å². The molecule has 0 unspecified atom stereocenters. The zero-order valence-electron chi connectivity index (χ0n) is 10.8. The lowest BCUT2D eigenvalue weighted by molar-refractivity contribution is 0.0950. The van der Waals surface area contributed by atoms with Gasteiger partial charge in [0, 0.05) is 24.5 Å². The first-order valence-corrected chi connectivity index (χ1v) is 6.40. The maximum Gasteiger partial charge on any atom is 0.251 e. The molecule has 0 saturated heterocycles. The molecule has 1 aliphatic rings. The lowest BCUT2D eigenvalue weighted by Gasteiger charge is -2.18. The van der Waals surface area contributed by atoms with Crippen LogP contribution in [0.3, 0.4) is 0 Å². The van der Waals surface area contributed by atoms with Gasteiger partial charge in [0.15, 0.2) is 11.5 Å². The van der Waals surface area contributed by atoms with Crippen LogP contribution in [0.5, 0.6) is 11.5 Å². The highest BCUT2D eigenvalue weighted by Gasteiger charge is 2.12. The molecule has 0 bridgehead atoms. The van der Waals surface area contributed by atoms with Crippen molar-refractivity contribution in [1.82, 2.24) is 10.3 Å². The summed E-state index contributed by atoms with van der Waals surface area (Å²) < 4.78 is 11.0. The van der Waals surface area contributed by atoms with Crippen LogP contribution < -0.4 is 14.8 Å². The number of pyridine rings is 1. The van der Waals surface area contributed by atoms with Crippen molar-refractivity contribution in [3.05, 3.63) is 53.9 Å². The van der Waals surface area contributed by atoms with Crippen LogP contribution in [0, 0.1) is 0 Å². The fourth-order valence-corrected chi connectivity index (χ4v) is 1.99. The molecule has 5 nitrogen and oxygen atoms in total. The van der Waals surface area contributed by atoms with Crippen molar-refractivity contribution >= 4 is 5.91 Å². The average Bonchev–Trinajstić information content (AvgIpc) is 2.53. The molecule has 0 radical (unpaired) electrons. The predicted molar refractivity (Wildman–Crippen MR) is 72.8 cm³/mol. The van der Waals surface area contributed by atoms with Gasteiger partial charge in [-0.25, -0.2) is 0 Å². The average molecular weight is 270 g/mol. The van der Waals surface area contributed by atoms with Gasteiger partial charge in [-0.05, 0) is 29.8 Å². The summed E-state index contributed by atoms with van der Waals surface area (Å²) in [5.74, 6) is 1.36. The molecule has 0 fully saturated rings. The van der Waals surface area contributed by atoms with E-state index >= 15 is 0 Å².